The van der Waals surface area contributed by atoms with Gasteiger partial charge in [-0.25, -0.2) is 9.37 Å². The normalized spacial score (nSPS) is 12.4. The fourth-order valence-electron chi connectivity index (χ4n) is 5.55. The van der Waals surface area contributed by atoms with Crippen molar-refractivity contribution in [1.29, 1.82) is 0 Å². The molecule has 47 heavy (non-hydrogen) atoms. The van der Waals surface area contributed by atoms with Crippen LogP contribution in [0.25, 0.3) is 54.9 Å². The maximum atomic E-state index is 14.8. The van der Waals surface area contributed by atoms with Gasteiger partial charge >= 0.3 is 0 Å². The summed E-state index contributed by atoms with van der Waals surface area (Å²) >= 11 is 0. The first-order chi connectivity index (χ1) is 21.5. The molecule has 0 aliphatic heterocycles. The topological polar surface area (TPSA) is 76.2 Å². The molecule has 0 atom stereocenters. The molecule has 2 aromatic heterocycles. The number of hydrogen-bond donors (Lipinski definition) is 1. The Morgan fingerprint density at radius 2 is 1.64 bits per heavy atom. The van der Waals surface area contributed by atoms with Gasteiger partial charge in [-0.2, -0.15) is 0 Å². The molecule has 7 heteroatoms. The van der Waals surface area contributed by atoms with E-state index in [1.165, 1.54) is 6.08 Å². The second-order valence-electron chi connectivity index (χ2n) is 13.8. The number of aliphatic hydroxyl groups is 1. The first kappa shape index (κ1) is 35.9. The van der Waals surface area contributed by atoms with Gasteiger partial charge in [0.2, 0.25) is 0 Å². The number of carbonyl (C=O) groups is 1. The number of benzene rings is 4. The average molecular weight is 810 g/mol. The minimum atomic E-state index is -0.376. The smallest absolute Gasteiger partial charge is 0.164 e. The summed E-state index contributed by atoms with van der Waals surface area (Å²) in [5.41, 5.74) is 5.51. The maximum absolute atomic E-state index is 14.8. The van der Waals surface area contributed by atoms with Crippen LogP contribution in [0.2, 0.25) is 0 Å². The number of hydrogen-bond acceptors (Lipinski definition) is 5. The molecule has 5 nitrogen and oxygen atoms in total. The third-order valence-corrected chi connectivity index (χ3v) is 8.91. The Labute approximate surface area is 289 Å². The van der Waals surface area contributed by atoms with Crippen molar-refractivity contribution in [3.8, 4) is 11.3 Å². The largest absolute Gasteiger partial charge is 0.512 e. The number of allylic oxidation sites excluding steroid dienone is 2. The minimum Gasteiger partial charge on any atom is -0.512 e. The Bertz CT molecular complexity index is 2190. The molecule has 0 saturated heterocycles. The van der Waals surface area contributed by atoms with Crippen LogP contribution in [0, 0.1) is 50.4 Å². The molecule has 0 fully saturated rings. The summed E-state index contributed by atoms with van der Waals surface area (Å²) in [5.74, 6) is 0.583. The van der Waals surface area contributed by atoms with Crippen molar-refractivity contribution in [2.75, 3.05) is 0 Å². The molecule has 247 valence electrons. The number of ketones is 1. The van der Waals surface area contributed by atoms with E-state index < -0.39 is 0 Å². The summed E-state index contributed by atoms with van der Waals surface area (Å²) in [5, 5.41) is 14.4. The fraction of sp³-hybridized carbons (Fsp3) is 0.325. The SMILES string of the molecule is CCC(C)(C)C(=O)/C=C(\O)C(C)(C)C.Cc1nc(-c2[c-]cc(C)c3c2oc2ccccc23)c2ccc3cc(C)c(F)c(C)c3c2n1.[Ir]. The quantitative estimate of drug-likeness (QED) is 0.0831. The molecule has 0 aliphatic rings. The van der Waals surface area contributed by atoms with Crippen LogP contribution in [-0.2, 0) is 24.9 Å². The van der Waals surface area contributed by atoms with Crippen molar-refractivity contribution >= 4 is 49.4 Å². The van der Waals surface area contributed by atoms with E-state index in [9.17, 15) is 14.3 Å². The van der Waals surface area contributed by atoms with Gasteiger partial charge < -0.3 is 9.52 Å². The number of fused-ring (bicyclic) bond motifs is 6. The van der Waals surface area contributed by atoms with Crippen molar-refractivity contribution in [2.24, 2.45) is 10.8 Å². The molecule has 0 amide bonds. The predicted octanol–water partition coefficient (Wildman–Crippen LogP) is 11.0. The maximum Gasteiger partial charge on any atom is 0.164 e. The monoisotopic (exact) mass is 810 g/mol. The van der Waals surface area contributed by atoms with E-state index in [4.69, 9.17) is 14.4 Å². The summed E-state index contributed by atoms with van der Waals surface area (Å²) < 4.78 is 21.1. The Kier molecular flexibility index (Phi) is 10.2. The first-order valence-electron chi connectivity index (χ1n) is 15.7. The Morgan fingerprint density at radius 1 is 0.957 bits per heavy atom. The summed E-state index contributed by atoms with van der Waals surface area (Å²) in [4.78, 5) is 21.3. The summed E-state index contributed by atoms with van der Waals surface area (Å²) in [7, 11) is 0. The molecule has 4 aromatic carbocycles. The van der Waals surface area contributed by atoms with Crippen molar-refractivity contribution in [3.63, 3.8) is 0 Å². The van der Waals surface area contributed by atoms with E-state index in [1.807, 2.05) is 97.9 Å². The molecular formula is C40H42FIrN2O3-. The van der Waals surface area contributed by atoms with Gasteiger partial charge in [0, 0.05) is 53.5 Å². The van der Waals surface area contributed by atoms with E-state index in [-0.39, 0.29) is 48.3 Å². The van der Waals surface area contributed by atoms with Gasteiger partial charge in [-0.15, -0.1) is 17.7 Å². The molecule has 0 saturated carbocycles. The van der Waals surface area contributed by atoms with E-state index in [1.54, 1.807) is 6.92 Å². The molecule has 1 radical (unpaired) electrons. The molecule has 1 N–H and O–H groups in total. The zero-order valence-electron chi connectivity index (χ0n) is 28.8. The van der Waals surface area contributed by atoms with Crippen molar-refractivity contribution in [3.05, 3.63) is 94.8 Å². The average Bonchev–Trinajstić information content (AvgIpc) is 3.40. The standard InChI is InChI=1S/C28H20FN2O.C12H22O2.Ir/c1-14-9-11-21(28-23(14)19-7-5-6-8-22(19)32-28)26-20-12-10-18-13-15(2)25(29)16(3)24(18)27(20)31-17(4)30-26;1-7-12(5,6)10(14)8-9(13)11(2,3)4;/h5-10,12-13H,1-4H3;8,13H,7H2,1-6H3;/q-1;;/b;9-8-;. The van der Waals surface area contributed by atoms with Gasteiger partial charge in [0.25, 0.3) is 0 Å². The number of halogens is 1. The van der Waals surface area contributed by atoms with Gasteiger partial charge in [-0.3, -0.25) is 9.78 Å². The van der Waals surface area contributed by atoms with Crippen LogP contribution in [0.5, 0.6) is 0 Å². The van der Waals surface area contributed by atoms with Crippen LogP contribution in [0.4, 0.5) is 4.39 Å². The van der Waals surface area contributed by atoms with E-state index >= 15 is 0 Å². The number of rotatable bonds is 4. The number of aromatic nitrogens is 2. The third-order valence-electron chi connectivity index (χ3n) is 8.91. The minimum absolute atomic E-state index is 0. The van der Waals surface area contributed by atoms with Crippen LogP contribution < -0.4 is 0 Å². The van der Waals surface area contributed by atoms with E-state index in [0.717, 1.165) is 66.9 Å². The zero-order valence-corrected chi connectivity index (χ0v) is 31.2. The van der Waals surface area contributed by atoms with E-state index in [2.05, 4.69) is 19.1 Å². The van der Waals surface area contributed by atoms with Crippen molar-refractivity contribution < 1.29 is 38.8 Å². The van der Waals surface area contributed by atoms with Gasteiger partial charge in [-0.1, -0.05) is 89.7 Å². The van der Waals surface area contributed by atoms with Crippen LogP contribution in [-0.4, -0.2) is 20.9 Å². The van der Waals surface area contributed by atoms with Crippen molar-refractivity contribution in [1.82, 2.24) is 9.97 Å². The van der Waals surface area contributed by atoms with Gasteiger partial charge in [-0.05, 0) is 61.2 Å². The number of nitrogens with zero attached hydrogens (tertiary/aromatic N) is 2. The fourth-order valence-corrected chi connectivity index (χ4v) is 5.55. The predicted molar refractivity (Wildman–Crippen MR) is 187 cm³/mol. The van der Waals surface area contributed by atoms with Gasteiger partial charge in [0.15, 0.2) is 5.78 Å². The van der Waals surface area contributed by atoms with Crippen LogP contribution in [0.3, 0.4) is 0 Å². The van der Waals surface area contributed by atoms with Crippen LogP contribution in [0.15, 0.2) is 64.8 Å². The Morgan fingerprint density at radius 3 is 2.30 bits per heavy atom. The zero-order chi connectivity index (χ0) is 33.7. The molecule has 0 bridgehead atoms. The Hall–Kier alpha value is -3.93. The molecule has 0 aliphatic carbocycles. The molecule has 2 heterocycles. The molecular weight excluding hydrogens is 768 g/mol. The second kappa shape index (κ2) is 13.3. The van der Waals surface area contributed by atoms with Gasteiger partial charge in [0.05, 0.1) is 11.1 Å². The summed E-state index contributed by atoms with van der Waals surface area (Å²) in [6, 6.07) is 19.3. The van der Waals surface area contributed by atoms with Crippen LogP contribution in [0.1, 0.15) is 70.5 Å². The Balaban J connectivity index is 0.000000286. The number of aryl methyl sites for hydroxylation is 4. The number of carbonyl (C=O) groups excluding carboxylic acids is 1. The van der Waals surface area contributed by atoms with Gasteiger partial charge in [0.1, 0.15) is 23.0 Å². The molecule has 6 rings (SSSR count). The molecule has 0 unspecified atom stereocenters. The number of aliphatic hydroxyl groups excluding tert-OH is 1. The van der Waals surface area contributed by atoms with E-state index in [0.29, 0.717) is 17.0 Å². The summed E-state index contributed by atoms with van der Waals surface area (Å²) in [6.07, 6.45) is 2.14. The number of para-hydroxylation sites is 1. The number of furan rings is 1. The third kappa shape index (κ3) is 6.75. The van der Waals surface area contributed by atoms with Crippen LogP contribution >= 0.6 is 0 Å². The van der Waals surface area contributed by atoms with Crippen molar-refractivity contribution in [2.45, 2.75) is 75.7 Å². The summed E-state index contributed by atoms with van der Waals surface area (Å²) in [6.45, 7) is 18.9. The first-order valence-corrected chi connectivity index (χ1v) is 15.7. The molecule has 6 aromatic rings. The molecule has 0 spiro atoms. The second-order valence-corrected chi connectivity index (χ2v) is 13.8.